The number of aryl methyl sites for hydroxylation is 1. The molecule has 0 aliphatic heterocycles. The summed E-state index contributed by atoms with van der Waals surface area (Å²) in [5.74, 6) is -0.330. The van der Waals surface area contributed by atoms with Crippen LogP contribution in [0.2, 0.25) is 5.02 Å². The number of nitrogens with one attached hydrogen (secondary N) is 2. The quantitative estimate of drug-likeness (QED) is 0.492. The summed E-state index contributed by atoms with van der Waals surface area (Å²) in [7, 11) is 0. The summed E-state index contributed by atoms with van der Waals surface area (Å²) in [6.45, 7) is 4.63. The van der Waals surface area contributed by atoms with Crippen LogP contribution in [0.3, 0.4) is 0 Å². The molecule has 0 aliphatic rings. The summed E-state index contributed by atoms with van der Waals surface area (Å²) in [6, 6.07) is 24.8. The number of hydrogen-bond acceptors (Lipinski definition) is 3. The van der Waals surface area contributed by atoms with Crippen molar-refractivity contribution in [2.24, 2.45) is 0 Å². The van der Waals surface area contributed by atoms with E-state index in [0.717, 1.165) is 16.7 Å². The zero-order valence-electron chi connectivity index (χ0n) is 18.3. The summed E-state index contributed by atoms with van der Waals surface area (Å²) in [4.78, 5) is 27.3. The van der Waals surface area contributed by atoms with E-state index < -0.39 is 0 Å². The fourth-order valence-corrected chi connectivity index (χ4v) is 3.63. The average Bonchev–Trinajstić information content (AvgIpc) is 2.80. The first-order valence-electron chi connectivity index (χ1n) is 10.6. The van der Waals surface area contributed by atoms with Gasteiger partial charge >= 0.3 is 0 Å². The molecule has 0 unspecified atom stereocenters. The van der Waals surface area contributed by atoms with Crippen LogP contribution in [-0.4, -0.2) is 36.3 Å². The number of anilines is 1. The highest BCUT2D eigenvalue weighted by molar-refractivity contribution is 6.31. The van der Waals surface area contributed by atoms with E-state index in [1.165, 1.54) is 0 Å². The van der Waals surface area contributed by atoms with E-state index in [1.807, 2.05) is 80.6 Å². The van der Waals surface area contributed by atoms with E-state index in [2.05, 4.69) is 10.6 Å². The number of nitrogens with zero attached hydrogens (tertiary/aromatic N) is 1. The molecule has 3 rings (SSSR count). The van der Waals surface area contributed by atoms with Gasteiger partial charge in [0.15, 0.2) is 0 Å². The van der Waals surface area contributed by atoms with Crippen molar-refractivity contribution in [3.8, 4) is 0 Å². The van der Waals surface area contributed by atoms with Crippen LogP contribution >= 0.6 is 11.6 Å². The molecule has 0 saturated carbocycles. The van der Waals surface area contributed by atoms with Gasteiger partial charge in [-0.3, -0.25) is 14.5 Å². The molecule has 0 atom stereocenters. The van der Waals surface area contributed by atoms with Gasteiger partial charge in [0.05, 0.1) is 19.1 Å². The Bertz CT molecular complexity index is 1000. The van der Waals surface area contributed by atoms with Crippen LogP contribution in [0.4, 0.5) is 5.69 Å². The van der Waals surface area contributed by atoms with Crippen LogP contribution < -0.4 is 10.6 Å². The Balaban J connectivity index is 1.64. The molecule has 0 radical (unpaired) electrons. The molecule has 32 heavy (non-hydrogen) atoms. The van der Waals surface area contributed by atoms with Gasteiger partial charge in [0.25, 0.3) is 0 Å². The second-order valence-electron chi connectivity index (χ2n) is 7.63. The van der Waals surface area contributed by atoms with Crippen LogP contribution in [0.15, 0.2) is 78.9 Å². The maximum absolute atomic E-state index is 12.9. The normalized spacial score (nSPS) is 10.9. The van der Waals surface area contributed by atoms with E-state index in [4.69, 9.17) is 11.6 Å². The molecule has 0 fully saturated rings. The van der Waals surface area contributed by atoms with Crippen molar-refractivity contribution in [3.63, 3.8) is 0 Å². The van der Waals surface area contributed by atoms with Gasteiger partial charge in [-0.25, -0.2) is 0 Å². The molecule has 0 saturated heterocycles. The highest BCUT2D eigenvalue weighted by Gasteiger charge is 2.19. The minimum Gasteiger partial charge on any atom is -0.344 e. The minimum atomic E-state index is -0.258. The van der Waals surface area contributed by atoms with Crippen molar-refractivity contribution in [1.82, 2.24) is 10.2 Å². The van der Waals surface area contributed by atoms with Gasteiger partial charge in [0.2, 0.25) is 11.8 Å². The third-order valence-corrected chi connectivity index (χ3v) is 5.46. The Morgan fingerprint density at radius 1 is 0.875 bits per heavy atom. The van der Waals surface area contributed by atoms with E-state index in [0.29, 0.717) is 17.3 Å². The molecule has 0 spiro atoms. The van der Waals surface area contributed by atoms with Crippen LogP contribution in [-0.2, 0) is 9.59 Å². The SMILES string of the molecule is CCN(CC(=O)Nc1cc(Cl)ccc1C)CC(=O)NC(c1ccccc1)c1ccccc1. The molecular formula is C26H28ClN3O2. The topological polar surface area (TPSA) is 61.4 Å². The summed E-state index contributed by atoms with van der Waals surface area (Å²) in [5.41, 5.74) is 3.61. The second kappa shape index (κ2) is 11.5. The summed E-state index contributed by atoms with van der Waals surface area (Å²) in [5, 5.41) is 6.57. The number of benzene rings is 3. The zero-order valence-corrected chi connectivity index (χ0v) is 19.1. The maximum Gasteiger partial charge on any atom is 0.238 e. The van der Waals surface area contributed by atoms with Crippen molar-refractivity contribution >= 4 is 29.1 Å². The van der Waals surface area contributed by atoms with Crippen LogP contribution in [0.5, 0.6) is 0 Å². The van der Waals surface area contributed by atoms with Gasteiger partial charge in [0, 0.05) is 10.7 Å². The third-order valence-electron chi connectivity index (χ3n) is 5.23. The first-order valence-corrected chi connectivity index (χ1v) is 11.0. The summed E-state index contributed by atoms with van der Waals surface area (Å²) in [6.07, 6.45) is 0. The lowest BCUT2D eigenvalue weighted by molar-refractivity contribution is -0.123. The minimum absolute atomic E-state index is 0.108. The number of carbonyl (C=O) groups is 2. The maximum atomic E-state index is 12.9. The first kappa shape index (κ1) is 23.5. The number of carbonyl (C=O) groups excluding carboxylic acids is 2. The third kappa shape index (κ3) is 6.67. The lowest BCUT2D eigenvalue weighted by Gasteiger charge is -2.23. The zero-order chi connectivity index (χ0) is 22.9. The molecule has 3 aromatic carbocycles. The predicted octanol–water partition coefficient (Wildman–Crippen LogP) is 4.81. The van der Waals surface area contributed by atoms with Crippen LogP contribution in [0, 0.1) is 6.92 Å². The first-order chi connectivity index (χ1) is 15.5. The van der Waals surface area contributed by atoms with Gasteiger partial charge in [0.1, 0.15) is 0 Å². The van der Waals surface area contributed by atoms with E-state index >= 15 is 0 Å². The number of rotatable bonds is 9. The molecule has 0 heterocycles. The van der Waals surface area contributed by atoms with Gasteiger partial charge in [-0.1, -0.05) is 85.3 Å². The molecular weight excluding hydrogens is 422 g/mol. The molecule has 0 bridgehead atoms. The molecule has 0 aliphatic carbocycles. The lowest BCUT2D eigenvalue weighted by atomic mass is 9.99. The van der Waals surface area contributed by atoms with Crippen molar-refractivity contribution < 1.29 is 9.59 Å². The predicted molar refractivity (Wildman–Crippen MR) is 130 cm³/mol. The van der Waals surface area contributed by atoms with Gasteiger partial charge < -0.3 is 10.6 Å². The van der Waals surface area contributed by atoms with Crippen LogP contribution in [0.1, 0.15) is 29.7 Å². The van der Waals surface area contributed by atoms with Crippen molar-refractivity contribution in [2.75, 3.05) is 25.0 Å². The van der Waals surface area contributed by atoms with E-state index in [-0.39, 0.29) is 30.9 Å². The second-order valence-corrected chi connectivity index (χ2v) is 8.07. The Morgan fingerprint density at radius 2 is 1.44 bits per heavy atom. The Morgan fingerprint density at radius 3 is 2.00 bits per heavy atom. The molecule has 2 amide bonds. The monoisotopic (exact) mass is 449 g/mol. The Kier molecular flexibility index (Phi) is 8.42. The number of hydrogen-bond donors (Lipinski definition) is 2. The smallest absolute Gasteiger partial charge is 0.238 e. The molecule has 6 heteroatoms. The van der Waals surface area contributed by atoms with Crippen molar-refractivity contribution in [1.29, 1.82) is 0 Å². The van der Waals surface area contributed by atoms with E-state index in [9.17, 15) is 9.59 Å². The van der Waals surface area contributed by atoms with Crippen molar-refractivity contribution in [3.05, 3.63) is 101 Å². The molecule has 3 aromatic rings. The van der Waals surface area contributed by atoms with Gasteiger partial charge in [-0.15, -0.1) is 0 Å². The Hall–Kier alpha value is -3.15. The lowest BCUT2D eigenvalue weighted by Crippen LogP contribution is -2.42. The number of likely N-dealkylation sites (N-methyl/N-ethyl adjacent to an activating group) is 1. The van der Waals surface area contributed by atoms with Crippen molar-refractivity contribution in [2.45, 2.75) is 19.9 Å². The Labute approximate surface area is 194 Å². The van der Waals surface area contributed by atoms with Crippen LogP contribution in [0.25, 0.3) is 0 Å². The molecule has 0 aromatic heterocycles. The largest absolute Gasteiger partial charge is 0.344 e. The summed E-state index contributed by atoms with van der Waals surface area (Å²) >= 11 is 6.04. The number of amides is 2. The fraction of sp³-hybridized carbons (Fsp3) is 0.231. The molecule has 2 N–H and O–H groups in total. The standard InChI is InChI=1S/C26H28ClN3O2/c1-3-30(17-24(31)28-23-16-22(27)15-14-19(23)2)18-25(32)29-26(20-10-6-4-7-11-20)21-12-8-5-9-13-21/h4-16,26H,3,17-18H2,1-2H3,(H,28,31)(H,29,32). The summed E-state index contributed by atoms with van der Waals surface area (Å²) < 4.78 is 0. The van der Waals surface area contributed by atoms with Gasteiger partial charge in [-0.2, -0.15) is 0 Å². The molecule has 5 nitrogen and oxygen atoms in total. The average molecular weight is 450 g/mol. The number of halogens is 1. The highest BCUT2D eigenvalue weighted by atomic mass is 35.5. The fourth-order valence-electron chi connectivity index (χ4n) is 3.46. The molecule has 166 valence electrons. The van der Waals surface area contributed by atoms with E-state index in [1.54, 1.807) is 17.0 Å². The highest BCUT2D eigenvalue weighted by Crippen LogP contribution is 2.22. The van der Waals surface area contributed by atoms with Gasteiger partial charge in [-0.05, 0) is 42.3 Å².